The van der Waals surface area contributed by atoms with Crippen LogP contribution in [0.2, 0.25) is 0 Å². The van der Waals surface area contributed by atoms with E-state index in [1.54, 1.807) is 9.80 Å². The van der Waals surface area contributed by atoms with Crippen LogP contribution >= 0.6 is 0 Å². The number of aliphatic hydroxyl groups is 1. The fourth-order valence-corrected chi connectivity index (χ4v) is 9.60. The number of halogens is 2. The number of alkyl halides is 2. The van der Waals surface area contributed by atoms with E-state index >= 15 is 8.78 Å². The number of ether oxygens (including phenoxy) is 1. The third kappa shape index (κ3) is 6.00. The average Bonchev–Trinajstić information content (AvgIpc) is 3.74. The molecule has 6 aliphatic rings. The highest BCUT2D eigenvalue weighted by molar-refractivity contribution is 5.88. The zero-order valence-corrected chi connectivity index (χ0v) is 25.6. The lowest BCUT2D eigenvalue weighted by atomic mass is 9.55. The number of carbonyl (C=O) groups excluding carboxylic acids is 2. The minimum Gasteiger partial charge on any atom is -0.381 e. The molecule has 4 aliphatic carbocycles. The van der Waals surface area contributed by atoms with E-state index in [0.717, 1.165) is 25.7 Å². The molecule has 6 rings (SSSR count). The van der Waals surface area contributed by atoms with Crippen LogP contribution in [0.25, 0.3) is 0 Å². The third-order valence-electron chi connectivity index (χ3n) is 12.3. The van der Waals surface area contributed by atoms with E-state index in [-0.39, 0.29) is 29.4 Å². The van der Waals surface area contributed by atoms with Crippen LogP contribution in [0.15, 0.2) is 0 Å². The van der Waals surface area contributed by atoms with Crippen molar-refractivity contribution in [3.63, 3.8) is 0 Å². The Balaban J connectivity index is 1.11. The predicted molar refractivity (Wildman–Crippen MR) is 156 cm³/mol. The zero-order chi connectivity index (χ0) is 29.5. The van der Waals surface area contributed by atoms with E-state index in [0.29, 0.717) is 63.8 Å². The molecular weight excluding hydrogens is 540 g/mol. The first kappa shape index (κ1) is 30.7. The summed E-state index contributed by atoms with van der Waals surface area (Å²) in [7, 11) is 1.83. The molecule has 2 heterocycles. The maximum Gasteiger partial charge on any atom is 0.254 e. The highest BCUT2D eigenvalue weighted by Gasteiger charge is 2.55. The van der Waals surface area contributed by atoms with E-state index in [1.807, 2.05) is 7.11 Å². The number of hydrogen-bond donors (Lipinski definition) is 2. The van der Waals surface area contributed by atoms with Crippen LogP contribution in [0, 0.1) is 23.2 Å². The van der Waals surface area contributed by atoms with Crippen molar-refractivity contribution in [1.29, 1.82) is 0 Å². The molecular formula is C33H53F2N3O4. The van der Waals surface area contributed by atoms with E-state index in [4.69, 9.17) is 4.74 Å². The molecule has 6 fully saturated rings. The van der Waals surface area contributed by atoms with E-state index in [1.165, 1.54) is 51.4 Å². The molecule has 2 N–H and O–H groups in total. The Kier molecular flexibility index (Phi) is 9.20. The monoisotopic (exact) mass is 593 g/mol. The largest absolute Gasteiger partial charge is 0.381 e. The first-order chi connectivity index (χ1) is 20.2. The van der Waals surface area contributed by atoms with Gasteiger partial charge < -0.3 is 25.0 Å². The van der Waals surface area contributed by atoms with Crippen LogP contribution in [0.5, 0.6) is 0 Å². The number of piperidine rings is 1. The number of piperazine rings is 1. The van der Waals surface area contributed by atoms with Crippen molar-refractivity contribution < 1.29 is 28.2 Å². The van der Waals surface area contributed by atoms with E-state index in [2.05, 4.69) is 5.32 Å². The first-order valence-corrected chi connectivity index (χ1v) is 17.1. The van der Waals surface area contributed by atoms with Crippen molar-refractivity contribution in [1.82, 2.24) is 15.1 Å². The smallest absolute Gasteiger partial charge is 0.254 e. The maximum atomic E-state index is 16.1. The summed E-state index contributed by atoms with van der Waals surface area (Å²) in [5.41, 5.74) is -1.06. The minimum atomic E-state index is -1.80. The Morgan fingerprint density at radius 2 is 1.45 bits per heavy atom. The van der Waals surface area contributed by atoms with Crippen molar-refractivity contribution in [3.8, 4) is 0 Å². The SMILES string of the molecule is COC1CCC2NC(C3CCC(C(=O)N4CCN(C(=O)C5(O)CC5)CC4)C(F)C3F)CC3(CCCCCCCC3)C2C1. The summed E-state index contributed by atoms with van der Waals surface area (Å²) in [5.74, 6) is -1.43. The van der Waals surface area contributed by atoms with Gasteiger partial charge in [-0.15, -0.1) is 0 Å². The third-order valence-corrected chi connectivity index (χ3v) is 12.3. The Hall–Kier alpha value is -1.32. The van der Waals surface area contributed by atoms with Gasteiger partial charge in [0.2, 0.25) is 5.91 Å². The topological polar surface area (TPSA) is 82.1 Å². The lowest BCUT2D eigenvalue weighted by Crippen LogP contribution is -2.63. The molecule has 0 bridgehead atoms. The summed E-state index contributed by atoms with van der Waals surface area (Å²) in [6.07, 6.45) is 12.6. The number of fused-ring (bicyclic) bond motifs is 2. The maximum absolute atomic E-state index is 16.1. The summed E-state index contributed by atoms with van der Waals surface area (Å²) in [5, 5.41) is 14.0. The van der Waals surface area contributed by atoms with Crippen molar-refractivity contribution in [2.45, 2.75) is 139 Å². The van der Waals surface area contributed by atoms with Crippen LogP contribution in [-0.4, -0.2) is 96.1 Å². The van der Waals surface area contributed by atoms with Gasteiger partial charge in [0.15, 0.2) is 0 Å². The molecule has 2 aliphatic heterocycles. The lowest BCUT2D eigenvalue weighted by Gasteiger charge is -2.57. The van der Waals surface area contributed by atoms with Gasteiger partial charge in [0, 0.05) is 51.3 Å². The number of nitrogens with one attached hydrogen (secondary N) is 1. The molecule has 0 aromatic heterocycles. The van der Waals surface area contributed by atoms with Crippen molar-refractivity contribution in [3.05, 3.63) is 0 Å². The van der Waals surface area contributed by atoms with Crippen LogP contribution < -0.4 is 5.32 Å². The fourth-order valence-electron chi connectivity index (χ4n) is 9.60. The molecule has 1 spiro atoms. The first-order valence-electron chi connectivity index (χ1n) is 17.1. The highest BCUT2D eigenvalue weighted by Crippen LogP contribution is 2.54. The van der Waals surface area contributed by atoms with Gasteiger partial charge in [-0.3, -0.25) is 9.59 Å². The van der Waals surface area contributed by atoms with Gasteiger partial charge in [-0.1, -0.05) is 38.5 Å². The molecule has 2 amide bonds. The van der Waals surface area contributed by atoms with E-state index in [9.17, 15) is 14.7 Å². The summed E-state index contributed by atoms with van der Waals surface area (Å²) < 4.78 is 37.9. The molecule has 0 aromatic carbocycles. The summed E-state index contributed by atoms with van der Waals surface area (Å²) in [6.45, 7) is 1.28. The van der Waals surface area contributed by atoms with Crippen LogP contribution in [0.3, 0.4) is 0 Å². The quantitative estimate of drug-likeness (QED) is 0.500. The van der Waals surface area contributed by atoms with Crippen molar-refractivity contribution in [2.24, 2.45) is 23.2 Å². The molecule has 0 aromatic rings. The molecule has 0 radical (unpaired) electrons. The van der Waals surface area contributed by atoms with Crippen LogP contribution in [-0.2, 0) is 14.3 Å². The molecule has 8 unspecified atom stereocenters. The van der Waals surface area contributed by atoms with Gasteiger partial charge in [-0.05, 0) is 75.5 Å². The van der Waals surface area contributed by atoms with Gasteiger partial charge in [-0.2, -0.15) is 0 Å². The van der Waals surface area contributed by atoms with Crippen molar-refractivity contribution >= 4 is 11.8 Å². The molecule has 7 nitrogen and oxygen atoms in total. The Labute approximate surface area is 250 Å². The summed E-state index contributed by atoms with van der Waals surface area (Å²) in [4.78, 5) is 29.1. The number of carbonyl (C=O) groups is 2. The van der Waals surface area contributed by atoms with Crippen LogP contribution in [0.1, 0.15) is 103 Å². The molecule has 4 saturated carbocycles. The number of amides is 2. The van der Waals surface area contributed by atoms with E-state index < -0.39 is 29.8 Å². The number of nitrogens with zero attached hydrogens (tertiary/aromatic N) is 2. The Morgan fingerprint density at radius 3 is 2.10 bits per heavy atom. The second-order valence-corrected chi connectivity index (χ2v) is 14.7. The van der Waals surface area contributed by atoms with Crippen LogP contribution in [0.4, 0.5) is 8.78 Å². The minimum absolute atomic E-state index is 0.0572. The lowest BCUT2D eigenvalue weighted by molar-refractivity contribution is -0.151. The van der Waals surface area contributed by atoms with Gasteiger partial charge in [-0.25, -0.2) is 8.78 Å². The summed E-state index contributed by atoms with van der Waals surface area (Å²) >= 11 is 0. The molecule has 42 heavy (non-hydrogen) atoms. The Morgan fingerprint density at radius 1 is 0.810 bits per heavy atom. The second-order valence-electron chi connectivity index (χ2n) is 14.7. The number of hydrogen-bond acceptors (Lipinski definition) is 5. The Bertz CT molecular complexity index is 961. The predicted octanol–water partition coefficient (Wildman–Crippen LogP) is 4.55. The molecule has 9 heteroatoms. The fraction of sp³-hybridized carbons (Fsp3) is 0.939. The molecule has 238 valence electrons. The number of methoxy groups -OCH3 is 1. The molecule has 8 atom stereocenters. The number of rotatable bonds is 4. The van der Waals surface area contributed by atoms with Gasteiger partial charge in [0.25, 0.3) is 5.91 Å². The van der Waals surface area contributed by atoms with Crippen molar-refractivity contribution in [2.75, 3.05) is 33.3 Å². The average molecular weight is 594 g/mol. The van der Waals surface area contributed by atoms with Gasteiger partial charge in [0.05, 0.1) is 12.0 Å². The standard InChI is InChI=1S/C33H53F2N3O4/c1-42-22-8-11-26-25(20-22)32(12-6-4-2-3-5-7-13-32)21-27(36-26)23-9-10-24(29(35)28(23)34)30(39)37-16-18-38(19-17-37)31(40)33(41)14-15-33/h22-29,36,41H,2-21H2,1H3. The summed E-state index contributed by atoms with van der Waals surface area (Å²) in [6, 6.07) is 0.270. The highest BCUT2D eigenvalue weighted by atomic mass is 19.2. The van der Waals surface area contributed by atoms with Gasteiger partial charge in [0.1, 0.15) is 17.9 Å². The second kappa shape index (κ2) is 12.6. The normalized spacial score (nSPS) is 40.4. The zero-order valence-electron chi connectivity index (χ0n) is 25.6. The molecule has 2 saturated heterocycles. The van der Waals surface area contributed by atoms with Gasteiger partial charge >= 0.3 is 0 Å².